The minimum atomic E-state index is -0.150. The SMILES string of the molecule is COc1cccc(CNC(=O)N2CCC(NC(C)=O)C2)c1OC. The van der Waals surface area contributed by atoms with Crippen molar-refractivity contribution in [3.05, 3.63) is 23.8 Å². The number of hydrogen-bond donors (Lipinski definition) is 2. The molecule has 7 heteroatoms. The van der Waals surface area contributed by atoms with E-state index >= 15 is 0 Å². The number of amides is 3. The molecular formula is C16H23N3O4. The van der Waals surface area contributed by atoms with Crippen LogP contribution in [0.15, 0.2) is 18.2 Å². The largest absolute Gasteiger partial charge is 0.493 e. The minimum Gasteiger partial charge on any atom is -0.493 e. The Morgan fingerprint density at radius 1 is 1.30 bits per heavy atom. The van der Waals surface area contributed by atoms with Gasteiger partial charge in [0.15, 0.2) is 11.5 Å². The highest BCUT2D eigenvalue weighted by Crippen LogP contribution is 2.30. The van der Waals surface area contributed by atoms with Crippen LogP contribution in [0.25, 0.3) is 0 Å². The van der Waals surface area contributed by atoms with Crippen LogP contribution in [-0.2, 0) is 11.3 Å². The van der Waals surface area contributed by atoms with E-state index in [0.29, 0.717) is 31.1 Å². The average Bonchev–Trinajstić information content (AvgIpc) is 2.99. The van der Waals surface area contributed by atoms with Crippen LogP contribution >= 0.6 is 0 Å². The molecule has 2 N–H and O–H groups in total. The van der Waals surface area contributed by atoms with Gasteiger partial charge in [-0.05, 0) is 12.5 Å². The van der Waals surface area contributed by atoms with Crippen LogP contribution in [0.5, 0.6) is 11.5 Å². The standard InChI is InChI=1S/C16H23N3O4/c1-11(20)18-13-7-8-19(10-13)16(21)17-9-12-5-4-6-14(22-2)15(12)23-3/h4-6,13H,7-10H2,1-3H3,(H,17,21)(H,18,20). The van der Waals surface area contributed by atoms with E-state index in [1.54, 1.807) is 19.1 Å². The number of methoxy groups -OCH3 is 2. The van der Waals surface area contributed by atoms with Crippen LogP contribution in [0.1, 0.15) is 18.9 Å². The molecule has 0 aliphatic carbocycles. The number of benzene rings is 1. The van der Waals surface area contributed by atoms with E-state index in [4.69, 9.17) is 9.47 Å². The average molecular weight is 321 g/mol. The van der Waals surface area contributed by atoms with E-state index in [1.807, 2.05) is 18.2 Å². The summed E-state index contributed by atoms with van der Waals surface area (Å²) in [5.74, 6) is 1.18. The van der Waals surface area contributed by atoms with Gasteiger partial charge in [0.05, 0.1) is 14.2 Å². The number of carbonyl (C=O) groups excluding carboxylic acids is 2. The molecule has 1 atom stereocenters. The number of likely N-dealkylation sites (tertiary alicyclic amines) is 1. The third-order valence-corrected chi connectivity index (χ3v) is 3.80. The molecule has 1 heterocycles. The van der Waals surface area contributed by atoms with E-state index in [1.165, 1.54) is 6.92 Å². The Kier molecular flexibility index (Phi) is 5.67. The Morgan fingerprint density at radius 2 is 2.09 bits per heavy atom. The summed E-state index contributed by atoms with van der Waals surface area (Å²) in [6.45, 7) is 2.99. The summed E-state index contributed by atoms with van der Waals surface area (Å²) >= 11 is 0. The fraction of sp³-hybridized carbons (Fsp3) is 0.500. The molecule has 0 saturated carbocycles. The van der Waals surface area contributed by atoms with Gasteiger partial charge in [-0.1, -0.05) is 12.1 Å². The zero-order chi connectivity index (χ0) is 16.8. The lowest BCUT2D eigenvalue weighted by molar-refractivity contribution is -0.119. The molecule has 23 heavy (non-hydrogen) atoms. The summed E-state index contributed by atoms with van der Waals surface area (Å²) < 4.78 is 10.6. The van der Waals surface area contributed by atoms with Crippen molar-refractivity contribution >= 4 is 11.9 Å². The smallest absolute Gasteiger partial charge is 0.317 e. The van der Waals surface area contributed by atoms with Gasteiger partial charge >= 0.3 is 6.03 Å². The number of carbonyl (C=O) groups is 2. The number of urea groups is 1. The molecule has 2 rings (SSSR count). The van der Waals surface area contributed by atoms with E-state index < -0.39 is 0 Å². The molecular weight excluding hydrogens is 298 g/mol. The monoisotopic (exact) mass is 321 g/mol. The molecule has 0 spiro atoms. The van der Waals surface area contributed by atoms with Crippen molar-refractivity contribution in [2.24, 2.45) is 0 Å². The number of nitrogens with one attached hydrogen (secondary N) is 2. The van der Waals surface area contributed by atoms with Crippen molar-refractivity contribution < 1.29 is 19.1 Å². The Labute approximate surface area is 135 Å². The first-order valence-corrected chi connectivity index (χ1v) is 7.55. The summed E-state index contributed by atoms with van der Waals surface area (Å²) in [7, 11) is 3.15. The van der Waals surface area contributed by atoms with Crippen LogP contribution < -0.4 is 20.1 Å². The van der Waals surface area contributed by atoms with Crippen LogP contribution in [0.3, 0.4) is 0 Å². The zero-order valence-electron chi connectivity index (χ0n) is 13.7. The molecule has 126 valence electrons. The molecule has 7 nitrogen and oxygen atoms in total. The summed E-state index contributed by atoms with van der Waals surface area (Å²) in [4.78, 5) is 25.0. The normalized spacial score (nSPS) is 16.8. The topological polar surface area (TPSA) is 79.9 Å². The minimum absolute atomic E-state index is 0.0320. The van der Waals surface area contributed by atoms with Gasteiger partial charge in [-0.2, -0.15) is 0 Å². The summed E-state index contributed by atoms with van der Waals surface area (Å²) in [6, 6.07) is 5.42. The first-order valence-electron chi connectivity index (χ1n) is 7.55. The van der Waals surface area contributed by atoms with Crippen molar-refractivity contribution in [2.75, 3.05) is 27.3 Å². The molecule has 0 aromatic heterocycles. The Morgan fingerprint density at radius 3 is 2.74 bits per heavy atom. The second-order valence-electron chi connectivity index (χ2n) is 5.44. The third-order valence-electron chi connectivity index (χ3n) is 3.80. The van der Waals surface area contributed by atoms with Crippen LogP contribution in [0, 0.1) is 0 Å². The molecule has 1 unspecified atom stereocenters. The second kappa shape index (κ2) is 7.71. The second-order valence-corrected chi connectivity index (χ2v) is 5.44. The number of rotatable bonds is 5. The molecule has 1 aliphatic rings. The Balaban J connectivity index is 1.91. The lowest BCUT2D eigenvalue weighted by Crippen LogP contribution is -2.41. The fourth-order valence-electron chi connectivity index (χ4n) is 2.73. The number of ether oxygens (including phenoxy) is 2. The zero-order valence-corrected chi connectivity index (χ0v) is 13.7. The van der Waals surface area contributed by atoms with E-state index in [0.717, 1.165) is 12.0 Å². The van der Waals surface area contributed by atoms with E-state index in [2.05, 4.69) is 10.6 Å². The van der Waals surface area contributed by atoms with Gasteiger partial charge in [0.25, 0.3) is 0 Å². The Bertz CT molecular complexity index is 576. The van der Waals surface area contributed by atoms with Gasteiger partial charge in [-0.25, -0.2) is 4.79 Å². The van der Waals surface area contributed by atoms with Crippen LogP contribution in [0.4, 0.5) is 4.79 Å². The highest BCUT2D eigenvalue weighted by Gasteiger charge is 2.26. The number of nitrogens with zero attached hydrogens (tertiary/aromatic N) is 1. The maximum absolute atomic E-state index is 12.2. The molecule has 1 saturated heterocycles. The maximum Gasteiger partial charge on any atom is 0.317 e. The van der Waals surface area contributed by atoms with Crippen molar-refractivity contribution in [1.82, 2.24) is 15.5 Å². The number of hydrogen-bond acceptors (Lipinski definition) is 4. The number of para-hydroxylation sites is 1. The lowest BCUT2D eigenvalue weighted by Gasteiger charge is -2.18. The van der Waals surface area contributed by atoms with Crippen molar-refractivity contribution in [3.8, 4) is 11.5 Å². The van der Waals surface area contributed by atoms with Gasteiger partial charge in [-0.15, -0.1) is 0 Å². The molecule has 1 aromatic rings. The molecule has 3 amide bonds. The summed E-state index contributed by atoms with van der Waals surface area (Å²) in [5, 5.41) is 5.72. The third kappa shape index (κ3) is 4.28. The van der Waals surface area contributed by atoms with Gasteiger partial charge in [0.1, 0.15) is 0 Å². The predicted octanol–water partition coefficient (Wildman–Crippen LogP) is 1.12. The molecule has 1 aromatic carbocycles. The maximum atomic E-state index is 12.2. The van der Waals surface area contributed by atoms with Crippen molar-refractivity contribution in [2.45, 2.75) is 25.9 Å². The lowest BCUT2D eigenvalue weighted by atomic mass is 10.2. The molecule has 1 aliphatic heterocycles. The first kappa shape index (κ1) is 16.9. The highest BCUT2D eigenvalue weighted by atomic mass is 16.5. The van der Waals surface area contributed by atoms with E-state index in [9.17, 15) is 9.59 Å². The van der Waals surface area contributed by atoms with Gasteiger partial charge in [0, 0.05) is 38.2 Å². The van der Waals surface area contributed by atoms with E-state index in [-0.39, 0.29) is 18.0 Å². The summed E-state index contributed by atoms with van der Waals surface area (Å²) in [6.07, 6.45) is 0.773. The van der Waals surface area contributed by atoms with Crippen molar-refractivity contribution in [3.63, 3.8) is 0 Å². The quantitative estimate of drug-likeness (QED) is 0.852. The molecule has 0 radical (unpaired) electrons. The van der Waals surface area contributed by atoms with Crippen LogP contribution in [-0.4, -0.2) is 50.2 Å². The van der Waals surface area contributed by atoms with Gasteiger partial charge < -0.3 is 25.0 Å². The first-order chi connectivity index (χ1) is 11.0. The van der Waals surface area contributed by atoms with Gasteiger partial charge in [-0.3, -0.25) is 4.79 Å². The fourth-order valence-corrected chi connectivity index (χ4v) is 2.73. The molecule has 0 bridgehead atoms. The Hall–Kier alpha value is -2.44. The highest BCUT2D eigenvalue weighted by molar-refractivity contribution is 5.76. The predicted molar refractivity (Wildman–Crippen MR) is 85.6 cm³/mol. The van der Waals surface area contributed by atoms with Crippen LogP contribution in [0.2, 0.25) is 0 Å². The molecule has 1 fully saturated rings. The summed E-state index contributed by atoms with van der Waals surface area (Å²) in [5.41, 5.74) is 0.845. The van der Waals surface area contributed by atoms with Gasteiger partial charge in [0.2, 0.25) is 5.91 Å². The van der Waals surface area contributed by atoms with Crippen molar-refractivity contribution in [1.29, 1.82) is 0 Å².